The third-order valence-corrected chi connectivity index (χ3v) is 2.67. The van der Waals surface area contributed by atoms with Crippen LogP contribution in [-0.2, 0) is 0 Å². The quantitative estimate of drug-likeness (QED) is 0.467. The zero-order chi connectivity index (χ0) is 12.2. The van der Waals surface area contributed by atoms with Crippen LogP contribution in [0.1, 0.15) is 26.3 Å². The van der Waals surface area contributed by atoms with Crippen molar-refractivity contribution in [1.82, 2.24) is 5.06 Å². The van der Waals surface area contributed by atoms with Gasteiger partial charge < -0.3 is 10.4 Å². The zero-order valence-corrected chi connectivity index (χ0v) is 9.88. The van der Waals surface area contributed by atoms with Crippen molar-refractivity contribution in [2.45, 2.75) is 26.3 Å². The highest BCUT2D eigenvalue weighted by Gasteiger charge is 2.32. The van der Waals surface area contributed by atoms with E-state index in [-0.39, 0.29) is 0 Å². The van der Waals surface area contributed by atoms with E-state index < -0.39 is 5.54 Å². The van der Waals surface area contributed by atoms with Crippen molar-refractivity contribution in [1.29, 1.82) is 0 Å². The van der Waals surface area contributed by atoms with Crippen LogP contribution in [0.2, 0.25) is 0 Å². The smallest absolute Gasteiger partial charge is 0.109 e. The lowest BCUT2D eigenvalue weighted by molar-refractivity contribution is -0.133. The second-order valence-corrected chi connectivity index (χ2v) is 4.09. The Bertz CT molecular complexity index is 361. The van der Waals surface area contributed by atoms with Crippen LogP contribution in [0.15, 0.2) is 35.5 Å². The van der Waals surface area contributed by atoms with Crippen molar-refractivity contribution >= 4 is 5.71 Å². The van der Waals surface area contributed by atoms with Crippen LogP contribution in [-0.4, -0.2) is 33.3 Å². The fourth-order valence-electron chi connectivity index (χ4n) is 1.65. The van der Waals surface area contributed by atoms with Gasteiger partial charge >= 0.3 is 0 Å². The van der Waals surface area contributed by atoms with E-state index in [0.717, 1.165) is 10.6 Å². The van der Waals surface area contributed by atoms with Crippen LogP contribution in [0.25, 0.3) is 0 Å². The van der Waals surface area contributed by atoms with Crippen molar-refractivity contribution in [3.8, 4) is 0 Å². The fraction of sp³-hybridized carbons (Fsp3) is 0.417. The van der Waals surface area contributed by atoms with E-state index in [0.29, 0.717) is 12.3 Å². The number of benzene rings is 1. The largest absolute Gasteiger partial charge is 0.411 e. The molecule has 1 aromatic carbocycles. The Labute approximate surface area is 95.8 Å². The summed E-state index contributed by atoms with van der Waals surface area (Å²) in [5, 5.41) is 23.4. The van der Waals surface area contributed by atoms with E-state index in [1.165, 1.54) is 0 Å². The molecule has 0 bridgehead atoms. The SMILES string of the molecule is CCN(O)C(C)(C)C(=NO)c1ccccc1. The van der Waals surface area contributed by atoms with Crippen LogP contribution in [0, 0.1) is 0 Å². The van der Waals surface area contributed by atoms with Gasteiger partial charge in [-0.15, -0.1) is 0 Å². The molecular weight excluding hydrogens is 204 g/mol. The fourth-order valence-corrected chi connectivity index (χ4v) is 1.65. The van der Waals surface area contributed by atoms with Gasteiger partial charge in [0.05, 0.1) is 5.54 Å². The number of oxime groups is 1. The maximum absolute atomic E-state index is 9.79. The molecule has 0 radical (unpaired) electrons. The summed E-state index contributed by atoms with van der Waals surface area (Å²) in [5.41, 5.74) is 0.505. The van der Waals surface area contributed by atoms with Gasteiger partial charge in [-0.2, -0.15) is 5.06 Å². The van der Waals surface area contributed by atoms with Crippen molar-refractivity contribution in [3.63, 3.8) is 0 Å². The summed E-state index contributed by atoms with van der Waals surface area (Å²) in [6.45, 7) is 5.90. The second kappa shape index (κ2) is 5.09. The highest BCUT2D eigenvalue weighted by Crippen LogP contribution is 2.19. The second-order valence-electron chi connectivity index (χ2n) is 4.09. The maximum Gasteiger partial charge on any atom is 0.109 e. The molecule has 16 heavy (non-hydrogen) atoms. The Balaban J connectivity index is 3.10. The van der Waals surface area contributed by atoms with Gasteiger partial charge in [-0.1, -0.05) is 42.4 Å². The molecule has 4 heteroatoms. The van der Waals surface area contributed by atoms with E-state index in [4.69, 9.17) is 5.21 Å². The third-order valence-electron chi connectivity index (χ3n) is 2.67. The van der Waals surface area contributed by atoms with E-state index in [1.807, 2.05) is 37.3 Å². The van der Waals surface area contributed by atoms with E-state index in [1.54, 1.807) is 13.8 Å². The molecule has 1 rings (SSSR count). The summed E-state index contributed by atoms with van der Waals surface area (Å²) in [6.07, 6.45) is 0. The summed E-state index contributed by atoms with van der Waals surface area (Å²) in [7, 11) is 0. The predicted octanol–water partition coefficient (Wildman–Crippen LogP) is 2.35. The highest BCUT2D eigenvalue weighted by atomic mass is 16.5. The Kier molecular flexibility index (Phi) is 4.04. The first-order valence-electron chi connectivity index (χ1n) is 5.28. The number of hydrogen-bond donors (Lipinski definition) is 2. The lowest BCUT2D eigenvalue weighted by atomic mass is 9.92. The first kappa shape index (κ1) is 12.7. The van der Waals surface area contributed by atoms with Gasteiger partial charge in [0.1, 0.15) is 5.71 Å². The van der Waals surface area contributed by atoms with Crippen molar-refractivity contribution in [2.75, 3.05) is 6.54 Å². The third kappa shape index (κ3) is 2.40. The minimum absolute atomic E-state index is 0.442. The van der Waals surface area contributed by atoms with Gasteiger partial charge in [-0.05, 0) is 13.8 Å². The summed E-state index contributed by atoms with van der Waals surface area (Å²) >= 11 is 0. The van der Waals surface area contributed by atoms with Crippen LogP contribution < -0.4 is 0 Å². The summed E-state index contributed by atoms with van der Waals surface area (Å²) in [5.74, 6) is 0. The zero-order valence-electron chi connectivity index (χ0n) is 9.88. The first-order chi connectivity index (χ1) is 7.54. The average molecular weight is 222 g/mol. The number of hydrogen-bond acceptors (Lipinski definition) is 4. The lowest BCUT2D eigenvalue weighted by Gasteiger charge is -2.33. The molecule has 88 valence electrons. The average Bonchev–Trinajstić information content (AvgIpc) is 2.30. The van der Waals surface area contributed by atoms with Crippen LogP contribution in [0.5, 0.6) is 0 Å². The van der Waals surface area contributed by atoms with Gasteiger partial charge in [0.15, 0.2) is 0 Å². The lowest BCUT2D eigenvalue weighted by Crippen LogP contribution is -2.48. The molecule has 0 fully saturated rings. The molecule has 0 amide bonds. The summed E-state index contributed by atoms with van der Waals surface area (Å²) in [6, 6.07) is 9.32. The molecule has 0 aromatic heterocycles. The number of rotatable bonds is 4. The molecule has 4 nitrogen and oxygen atoms in total. The van der Waals surface area contributed by atoms with E-state index >= 15 is 0 Å². The minimum atomic E-state index is -0.731. The molecule has 0 unspecified atom stereocenters. The monoisotopic (exact) mass is 222 g/mol. The van der Waals surface area contributed by atoms with Gasteiger partial charge in [-0.25, -0.2) is 0 Å². The molecule has 0 atom stereocenters. The first-order valence-corrected chi connectivity index (χ1v) is 5.28. The predicted molar refractivity (Wildman–Crippen MR) is 63.0 cm³/mol. The van der Waals surface area contributed by atoms with Crippen molar-refractivity contribution < 1.29 is 10.4 Å². The molecule has 0 aliphatic heterocycles. The van der Waals surface area contributed by atoms with Crippen LogP contribution >= 0.6 is 0 Å². The van der Waals surface area contributed by atoms with Crippen molar-refractivity contribution in [3.05, 3.63) is 35.9 Å². The van der Waals surface area contributed by atoms with Gasteiger partial charge in [0.2, 0.25) is 0 Å². The van der Waals surface area contributed by atoms with Crippen molar-refractivity contribution in [2.24, 2.45) is 5.16 Å². The minimum Gasteiger partial charge on any atom is -0.411 e. The summed E-state index contributed by atoms with van der Waals surface area (Å²) < 4.78 is 0. The maximum atomic E-state index is 9.79. The Hall–Kier alpha value is -1.39. The molecule has 0 saturated carbocycles. The number of nitrogens with zero attached hydrogens (tertiary/aromatic N) is 2. The standard InChI is InChI=1S/C12H18N2O2/c1-4-14(16)12(2,3)11(13-15)10-8-6-5-7-9-10/h5-9,15-16H,4H2,1-3H3. The normalized spacial score (nSPS) is 13.2. The molecule has 2 N–H and O–H groups in total. The number of hydroxylamine groups is 2. The topological polar surface area (TPSA) is 56.1 Å². The van der Waals surface area contributed by atoms with Crippen LogP contribution in [0.4, 0.5) is 0 Å². The molecule has 1 aromatic rings. The van der Waals surface area contributed by atoms with Crippen LogP contribution in [0.3, 0.4) is 0 Å². The van der Waals surface area contributed by atoms with Gasteiger partial charge in [-0.3, -0.25) is 0 Å². The Morgan fingerprint density at radius 3 is 2.31 bits per heavy atom. The molecule has 0 heterocycles. The van der Waals surface area contributed by atoms with E-state index in [9.17, 15) is 5.21 Å². The molecular formula is C12H18N2O2. The highest BCUT2D eigenvalue weighted by molar-refractivity contribution is 6.06. The molecule has 0 aliphatic rings. The van der Waals surface area contributed by atoms with Gasteiger partial charge in [0, 0.05) is 12.1 Å². The Morgan fingerprint density at radius 2 is 1.88 bits per heavy atom. The van der Waals surface area contributed by atoms with Gasteiger partial charge in [0.25, 0.3) is 0 Å². The van der Waals surface area contributed by atoms with E-state index in [2.05, 4.69) is 5.16 Å². The number of likely N-dealkylation sites (N-methyl/N-ethyl adjacent to an activating group) is 1. The molecule has 0 spiro atoms. The summed E-state index contributed by atoms with van der Waals surface area (Å²) in [4.78, 5) is 0. The molecule has 0 saturated heterocycles. The molecule has 0 aliphatic carbocycles. The Morgan fingerprint density at radius 1 is 1.31 bits per heavy atom.